The highest BCUT2D eigenvalue weighted by molar-refractivity contribution is 5.90. The molecule has 0 aromatic carbocycles. The van der Waals surface area contributed by atoms with Crippen molar-refractivity contribution in [3.8, 4) is 5.82 Å². The smallest absolute Gasteiger partial charge is 0.334 e. The standard InChI is InChI=1S/C10H11N7O3/c1-5-7(17(19)20)9(14-10(12-2)13-5)16-4-3-6(15-16)8(11)18/h3-4H,1-2H3,(H2,11,18)(H,12,13,14). The average Bonchev–Trinajstić information content (AvgIpc) is 2.86. The molecule has 104 valence electrons. The average molecular weight is 277 g/mol. The van der Waals surface area contributed by atoms with Gasteiger partial charge in [-0.15, -0.1) is 0 Å². The first-order chi connectivity index (χ1) is 9.43. The molecule has 2 aromatic rings. The Balaban J connectivity index is 2.66. The normalized spacial score (nSPS) is 10.3. The number of nitro groups is 1. The zero-order valence-corrected chi connectivity index (χ0v) is 10.7. The van der Waals surface area contributed by atoms with Crippen LogP contribution in [0.5, 0.6) is 0 Å². The Morgan fingerprint density at radius 2 is 2.20 bits per heavy atom. The van der Waals surface area contributed by atoms with E-state index in [4.69, 9.17) is 5.73 Å². The first-order valence-electron chi connectivity index (χ1n) is 5.50. The third kappa shape index (κ3) is 2.25. The minimum atomic E-state index is -0.731. The summed E-state index contributed by atoms with van der Waals surface area (Å²) in [5.74, 6) is -0.565. The maximum atomic E-state index is 11.1. The number of aryl methyl sites for hydroxylation is 1. The zero-order valence-electron chi connectivity index (χ0n) is 10.7. The Morgan fingerprint density at radius 3 is 2.70 bits per heavy atom. The van der Waals surface area contributed by atoms with Crippen LogP contribution < -0.4 is 11.1 Å². The molecule has 0 bridgehead atoms. The van der Waals surface area contributed by atoms with E-state index in [0.29, 0.717) is 0 Å². The number of nitrogens with zero attached hydrogens (tertiary/aromatic N) is 5. The van der Waals surface area contributed by atoms with E-state index < -0.39 is 10.8 Å². The van der Waals surface area contributed by atoms with Gasteiger partial charge in [0.1, 0.15) is 11.4 Å². The second-order valence-electron chi connectivity index (χ2n) is 3.82. The van der Waals surface area contributed by atoms with Gasteiger partial charge in [-0.3, -0.25) is 14.9 Å². The maximum Gasteiger partial charge on any atom is 0.334 e. The van der Waals surface area contributed by atoms with E-state index in [1.807, 2.05) is 0 Å². The molecule has 20 heavy (non-hydrogen) atoms. The molecule has 0 spiro atoms. The van der Waals surface area contributed by atoms with Crippen LogP contribution >= 0.6 is 0 Å². The number of nitrogens with one attached hydrogen (secondary N) is 1. The number of rotatable bonds is 4. The topological polar surface area (TPSA) is 142 Å². The van der Waals surface area contributed by atoms with Crippen molar-refractivity contribution in [2.45, 2.75) is 6.92 Å². The van der Waals surface area contributed by atoms with Crippen molar-refractivity contribution in [2.75, 3.05) is 12.4 Å². The molecule has 0 atom stereocenters. The van der Waals surface area contributed by atoms with Crippen LogP contribution in [0.3, 0.4) is 0 Å². The van der Waals surface area contributed by atoms with Crippen LogP contribution in [0.1, 0.15) is 16.2 Å². The lowest BCUT2D eigenvalue weighted by Gasteiger charge is -2.06. The molecule has 0 aliphatic rings. The third-order valence-electron chi connectivity index (χ3n) is 2.50. The van der Waals surface area contributed by atoms with E-state index in [2.05, 4.69) is 20.4 Å². The van der Waals surface area contributed by atoms with Crippen molar-refractivity contribution < 1.29 is 9.72 Å². The van der Waals surface area contributed by atoms with Gasteiger partial charge in [0.2, 0.25) is 11.8 Å². The van der Waals surface area contributed by atoms with Gasteiger partial charge in [0.15, 0.2) is 0 Å². The second kappa shape index (κ2) is 4.91. The van der Waals surface area contributed by atoms with Crippen LogP contribution in [-0.2, 0) is 0 Å². The number of amides is 1. The lowest BCUT2D eigenvalue weighted by atomic mass is 10.3. The van der Waals surface area contributed by atoms with Crippen molar-refractivity contribution in [1.29, 1.82) is 0 Å². The first-order valence-corrected chi connectivity index (χ1v) is 5.50. The molecule has 0 fully saturated rings. The first kappa shape index (κ1) is 13.4. The number of anilines is 1. The fraction of sp³-hybridized carbons (Fsp3) is 0.200. The summed E-state index contributed by atoms with van der Waals surface area (Å²) in [5.41, 5.74) is 4.98. The molecule has 10 nitrogen and oxygen atoms in total. The highest BCUT2D eigenvalue weighted by atomic mass is 16.6. The number of carbonyl (C=O) groups excluding carboxylic acids is 1. The largest absolute Gasteiger partial charge is 0.364 e. The molecule has 0 aliphatic heterocycles. The van der Waals surface area contributed by atoms with E-state index >= 15 is 0 Å². The SMILES string of the molecule is CNc1nc(C)c([N+](=O)[O-])c(-n2ccc(C(N)=O)n2)n1. The van der Waals surface area contributed by atoms with Gasteiger partial charge in [-0.05, 0) is 13.0 Å². The summed E-state index contributed by atoms with van der Waals surface area (Å²) in [4.78, 5) is 29.5. The number of primary amides is 1. The monoisotopic (exact) mass is 277 g/mol. The summed E-state index contributed by atoms with van der Waals surface area (Å²) in [6, 6.07) is 1.35. The Bertz CT molecular complexity index is 694. The Morgan fingerprint density at radius 1 is 1.50 bits per heavy atom. The molecule has 2 heterocycles. The van der Waals surface area contributed by atoms with Gasteiger partial charge in [-0.1, -0.05) is 0 Å². The van der Waals surface area contributed by atoms with Gasteiger partial charge < -0.3 is 11.1 Å². The van der Waals surface area contributed by atoms with Crippen molar-refractivity contribution in [2.24, 2.45) is 5.73 Å². The summed E-state index contributed by atoms with van der Waals surface area (Å²) in [7, 11) is 1.59. The molecule has 0 saturated carbocycles. The van der Waals surface area contributed by atoms with Gasteiger partial charge in [0.25, 0.3) is 5.91 Å². The van der Waals surface area contributed by atoms with Gasteiger partial charge >= 0.3 is 5.69 Å². The Hall–Kier alpha value is -3.04. The number of hydrogen-bond acceptors (Lipinski definition) is 7. The molecule has 10 heteroatoms. The minimum absolute atomic E-state index is 0.0124. The number of hydrogen-bond donors (Lipinski definition) is 2. The van der Waals surface area contributed by atoms with Crippen LogP contribution in [0, 0.1) is 17.0 Å². The molecule has 3 N–H and O–H groups in total. The summed E-state index contributed by atoms with van der Waals surface area (Å²) in [6.45, 7) is 1.49. The molecule has 2 aromatic heterocycles. The van der Waals surface area contributed by atoms with E-state index in [1.165, 1.54) is 19.2 Å². The molecular weight excluding hydrogens is 266 g/mol. The molecule has 0 aliphatic carbocycles. The third-order valence-corrected chi connectivity index (χ3v) is 2.50. The van der Waals surface area contributed by atoms with Gasteiger partial charge in [-0.25, -0.2) is 9.67 Å². The quantitative estimate of drug-likeness (QED) is 0.592. The second-order valence-corrected chi connectivity index (χ2v) is 3.82. The maximum absolute atomic E-state index is 11.1. The van der Waals surface area contributed by atoms with E-state index in [9.17, 15) is 14.9 Å². The predicted molar refractivity (Wildman–Crippen MR) is 68.6 cm³/mol. The van der Waals surface area contributed by atoms with Gasteiger partial charge in [0, 0.05) is 13.2 Å². The van der Waals surface area contributed by atoms with Crippen LogP contribution in [0.15, 0.2) is 12.3 Å². The summed E-state index contributed by atoms with van der Waals surface area (Å²) in [5, 5.41) is 17.7. The fourth-order valence-corrected chi connectivity index (χ4v) is 1.61. The van der Waals surface area contributed by atoms with Crippen LogP contribution in [0.4, 0.5) is 11.6 Å². The molecule has 2 rings (SSSR count). The predicted octanol–water partition coefficient (Wildman–Crippen LogP) is 0.0195. The van der Waals surface area contributed by atoms with E-state index in [0.717, 1.165) is 4.68 Å². The molecule has 0 radical (unpaired) electrons. The molecule has 1 amide bonds. The number of aromatic nitrogens is 4. The molecular formula is C10H11N7O3. The highest BCUT2D eigenvalue weighted by Crippen LogP contribution is 2.24. The number of nitrogens with two attached hydrogens (primary N) is 1. The lowest BCUT2D eigenvalue weighted by Crippen LogP contribution is -2.14. The van der Waals surface area contributed by atoms with Gasteiger partial charge in [0.05, 0.1) is 4.92 Å². The Kier molecular flexibility index (Phi) is 3.29. The summed E-state index contributed by atoms with van der Waals surface area (Å²) < 4.78 is 1.12. The molecule has 0 unspecified atom stereocenters. The minimum Gasteiger partial charge on any atom is -0.364 e. The van der Waals surface area contributed by atoms with Crippen molar-refractivity contribution in [1.82, 2.24) is 19.7 Å². The van der Waals surface area contributed by atoms with Crippen molar-refractivity contribution >= 4 is 17.5 Å². The lowest BCUT2D eigenvalue weighted by molar-refractivity contribution is -0.385. The van der Waals surface area contributed by atoms with Crippen molar-refractivity contribution in [3.63, 3.8) is 0 Å². The highest BCUT2D eigenvalue weighted by Gasteiger charge is 2.24. The van der Waals surface area contributed by atoms with E-state index in [-0.39, 0.29) is 28.8 Å². The molecule has 0 saturated heterocycles. The fourth-order valence-electron chi connectivity index (χ4n) is 1.61. The summed E-state index contributed by atoms with van der Waals surface area (Å²) >= 11 is 0. The van der Waals surface area contributed by atoms with E-state index in [1.54, 1.807) is 7.05 Å². The number of carbonyl (C=O) groups is 1. The van der Waals surface area contributed by atoms with Crippen LogP contribution in [-0.4, -0.2) is 37.6 Å². The van der Waals surface area contributed by atoms with Crippen molar-refractivity contribution in [3.05, 3.63) is 33.8 Å². The van der Waals surface area contributed by atoms with Crippen LogP contribution in [0.25, 0.3) is 5.82 Å². The van der Waals surface area contributed by atoms with Crippen LogP contribution in [0.2, 0.25) is 0 Å². The Labute approximate surface area is 112 Å². The zero-order chi connectivity index (χ0) is 14.9. The van der Waals surface area contributed by atoms with Gasteiger partial charge in [-0.2, -0.15) is 10.1 Å². The summed E-state index contributed by atoms with van der Waals surface area (Å²) in [6.07, 6.45) is 1.37.